The van der Waals surface area contributed by atoms with E-state index in [1.54, 1.807) is 30.1 Å². The van der Waals surface area contributed by atoms with E-state index < -0.39 is 12.1 Å². The Morgan fingerprint density at radius 1 is 1.32 bits per heavy atom. The SMILES string of the molecule is CCCCOC(=O)NCc1c(-c2ccc(OC3CCCC(C(=O)O)C3)cn2)nnn1C. The second kappa shape index (κ2) is 10.7. The molecule has 0 aliphatic heterocycles. The highest BCUT2D eigenvalue weighted by Crippen LogP contribution is 2.28. The van der Waals surface area contributed by atoms with E-state index in [-0.39, 0.29) is 18.6 Å². The van der Waals surface area contributed by atoms with E-state index in [1.807, 2.05) is 6.92 Å². The number of unbranched alkanes of at least 4 members (excludes halogenated alkanes) is 1. The minimum Gasteiger partial charge on any atom is -0.489 e. The first-order valence-corrected chi connectivity index (χ1v) is 10.6. The second-order valence-electron chi connectivity index (χ2n) is 7.67. The quantitative estimate of drug-likeness (QED) is 0.580. The lowest BCUT2D eigenvalue weighted by Gasteiger charge is -2.27. The Morgan fingerprint density at radius 3 is 2.87 bits per heavy atom. The molecule has 2 aromatic heterocycles. The van der Waals surface area contributed by atoms with Crippen molar-refractivity contribution in [3.63, 3.8) is 0 Å². The number of carbonyl (C=O) groups excluding carboxylic acids is 1. The Bertz CT molecular complexity index is 883. The Hall–Kier alpha value is -3.17. The third kappa shape index (κ3) is 6.16. The number of alkyl carbamates (subject to hydrolysis) is 1. The molecule has 2 aromatic rings. The van der Waals surface area contributed by atoms with Crippen LogP contribution >= 0.6 is 0 Å². The van der Waals surface area contributed by atoms with Gasteiger partial charge in [0, 0.05) is 7.05 Å². The molecule has 1 fully saturated rings. The predicted octanol–water partition coefficient (Wildman–Crippen LogP) is 2.93. The summed E-state index contributed by atoms with van der Waals surface area (Å²) in [6, 6.07) is 3.57. The molecule has 1 saturated carbocycles. The number of carboxylic acids is 1. The van der Waals surface area contributed by atoms with Gasteiger partial charge in [0.2, 0.25) is 0 Å². The number of hydrogen-bond acceptors (Lipinski definition) is 7. The second-order valence-corrected chi connectivity index (χ2v) is 7.67. The van der Waals surface area contributed by atoms with Gasteiger partial charge >= 0.3 is 12.1 Å². The summed E-state index contributed by atoms with van der Waals surface area (Å²) in [6.45, 7) is 2.62. The van der Waals surface area contributed by atoms with Gasteiger partial charge in [0.05, 0.1) is 42.8 Å². The summed E-state index contributed by atoms with van der Waals surface area (Å²) in [6.07, 6.45) is 5.64. The maximum absolute atomic E-state index is 11.8. The molecule has 3 rings (SSSR count). The zero-order valence-corrected chi connectivity index (χ0v) is 17.9. The fourth-order valence-electron chi connectivity index (χ4n) is 3.55. The van der Waals surface area contributed by atoms with Crippen LogP contribution in [0.4, 0.5) is 4.79 Å². The van der Waals surface area contributed by atoms with Gasteiger partial charge in [0.25, 0.3) is 0 Å². The monoisotopic (exact) mass is 431 g/mol. The van der Waals surface area contributed by atoms with Crippen LogP contribution in [-0.2, 0) is 23.1 Å². The van der Waals surface area contributed by atoms with Crippen molar-refractivity contribution in [3.05, 3.63) is 24.0 Å². The molecule has 31 heavy (non-hydrogen) atoms. The standard InChI is InChI=1S/C21H29N5O5/c1-3-4-10-30-21(29)23-13-18-19(24-25-26(18)2)17-9-8-16(12-22-17)31-15-7-5-6-14(11-15)20(27)28/h8-9,12,14-15H,3-7,10-11,13H2,1-2H3,(H,23,29)(H,27,28). The van der Waals surface area contributed by atoms with E-state index in [2.05, 4.69) is 20.6 Å². The van der Waals surface area contributed by atoms with Crippen molar-refractivity contribution in [2.75, 3.05) is 6.61 Å². The molecule has 0 radical (unpaired) electrons. The Kier molecular flexibility index (Phi) is 7.80. The fraction of sp³-hybridized carbons (Fsp3) is 0.571. The van der Waals surface area contributed by atoms with Gasteiger partial charge in [-0.1, -0.05) is 18.6 Å². The molecule has 2 atom stereocenters. The molecular formula is C21H29N5O5. The lowest BCUT2D eigenvalue weighted by atomic mass is 9.87. The number of aliphatic carboxylic acids is 1. The number of hydrogen-bond donors (Lipinski definition) is 2. The number of aryl methyl sites for hydroxylation is 1. The fourth-order valence-corrected chi connectivity index (χ4v) is 3.55. The topological polar surface area (TPSA) is 128 Å². The molecule has 10 nitrogen and oxygen atoms in total. The van der Waals surface area contributed by atoms with Crippen LogP contribution in [0.25, 0.3) is 11.4 Å². The van der Waals surface area contributed by atoms with Crippen molar-refractivity contribution < 1.29 is 24.2 Å². The summed E-state index contributed by atoms with van der Waals surface area (Å²) in [4.78, 5) is 27.5. The van der Waals surface area contributed by atoms with Crippen LogP contribution in [0, 0.1) is 5.92 Å². The zero-order valence-electron chi connectivity index (χ0n) is 17.9. The zero-order chi connectivity index (χ0) is 22.2. The van der Waals surface area contributed by atoms with Crippen molar-refractivity contribution in [1.29, 1.82) is 0 Å². The summed E-state index contributed by atoms with van der Waals surface area (Å²) < 4.78 is 12.6. The summed E-state index contributed by atoms with van der Waals surface area (Å²) in [5, 5.41) is 20.1. The molecule has 0 spiro atoms. The first-order chi connectivity index (χ1) is 15.0. The number of nitrogens with zero attached hydrogens (tertiary/aromatic N) is 4. The van der Waals surface area contributed by atoms with Gasteiger partial charge in [-0.25, -0.2) is 9.48 Å². The lowest BCUT2D eigenvalue weighted by Crippen LogP contribution is -2.29. The van der Waals surface area contributed by atoms with Crippen LogP contribution in [0.5, 0.6) is 5.75 Å². The minimum atomic E-state index is -0.764. The van der Waals surface area contributed by atoms with Gasteiger partial charge in [0.15, 0.2) is 0 Å². The first-order valence-electron chi connectivity index (χ1n) is 10.6. The Morgan fingerprint density at radius 2 is 2.16 bits per heavy atom. The maximum atomic E-state index is 11.8. The number of aromatic nitrogens is 4. The van der Waals surface area contributed by atoms with E-state index in [4.69, 9.17) is 9.47 Å². The predicted molar refractivity (Wildman–Crippen MR) is 111 cm³/mol. The van der Waals surface area contributed by atoms with Crippen molar-refractivity contribution in [2.24, 2.45) is 13.0 Å². The number of carbonyl (C=O) groups is 2. The van der Waals surface area contributed by atoms with Gasteiger partial charge in [-0.15, -0.1) is 5.10 Å². The van der Waals surface area contributed by atoms with E-state index in [0.717, 1.165) is 25.7 Å². The number of amides is 1. The first kappa shape index (κ1) is 22.5. The van der Waals surface area contributed by atoms with Gasteiger partial charge in [-0.3, -0.25) is 9.78 Å². The molecular weight excluding hydrogens is 402 g/mol. The van der Waals surface area contributed by atoms with Crippen LogP contribution in [0.3, 0.4) is 0 Å². The van der Waals surface area contributed by atoms with Crippen LogP contribution in [0.15, 0.2) is 18.3 Å². The number of rotatable bonds is 9. The third-order valence-electron chi connectivity index (χ3n) is 5.33. The van der Waals surface area contributed by atoms with Gasteiger partial charge in [-0.05, 0) is 44.2 Å². The van der Waals surface area contributed by atoms with Crippen molar-refractivity contribution in [1.82, 2.24) is 25.3 Å². The highest BCUT2D eigenvalue weighted by Gasteiger charge is 2.28. The summed E-state index contributed by atoms with van der Waals surface area (Å²) >= 11 is 0. The lowest BCUT2D eigenvalue weighted by molar-refractivity contribution is -0.143. The third-order valence-corrected chi connectivity index (χ3v) is 5.33. The minimum absolute atomic E-state index is 0.127. The molecule has 1 aliphatic carbocycles. The Labute approximate surface area is 181 Å². The normalized spacial score (nSPS) is 18.4. The molecule has 0 saturated heterocycles. The van der Waals surface area contributed by atoms with E-state index in [9.17, 15) is 14.7 Å². The maximum Gasteiger partial charge on any atom is 0.407 e. The smallest absolute Gasteiger partial charge is 0.407 e. The average Bonchev–Trinajstić information content (AvgIpc) is 3.13. The molecule has 10 heteroatoms. The number of ether oxygens (including phenoxy) is 2. The largest absolute Gasteiger partial charge is 0.489 e. The molecule has 1 amide bonds. The van der Waals surface area contributed by atoms with Crippen molar-refractivity contribution in [2.45, 2.75) is 58.1 Å². The van der Waals surface area contributed by atoms with Crippen LogP contribution in [0.1, 0.15) is 51.1 Å². The Balaban J connectivity index is 1.61. The van der Waals surface area contributed by atoms with Crippen LogP contribution < -0.4 is 10.1 Å². The molecule has 0 bridgehead atoms. The van der Waals surface area contributed by atoms with E-state index in [1.165, 1.54) is 0 Å². The van der Waals surface area contributed by atoms with Gasteiger partial charge < -0.3 is 19.9 Å². The van der Waals surface area contributed by atoms with Crippen molar-refractivity contribution >= 4 is 12.1 Å². The van der Waals surface area contributed by atoms with Crippen molar-refractivity contribution in [3.8, 4) is 17.1 Å². The molecule has 2 unspecified atom stereocenters. The highest BCUT2D eigenvalue weighted by atomic mass is 16.5. The molecule has 168 valence electrons. The number of carboxylic acid groups (broad SMARTS) is 1. The van der Waals surface area contributed by atoms with Crippen LogP contribution in [0.2, 0.25) is 0 Å². The summed E-state index contributed by atoms with van der Waals surface area (Å²) in [7, 11) is 1.75. The van der Waals surface area contributed by atoms with Crippen LogP contribution in [-0.4, -0.2) is 49.9 Å². The van der Waals surface area contributed by atoms with Gasteiger partial charge in [-0.2, -0.15) is 0 Å². The van der Waals surface area contributed by atoms with Gasteiger partial charge in [0.1, 0.15) is 11.4 Å². The van der Waals surface area contributed by atoms with E-state index in [0.29, 0.717) is 42.3 Å². The molecule has 0 aromatic carbocycles. The highest BCUT2D eigenvalue weighted by molar-refractivity contribution is 5.70. The molecule has 2 heterocycles. The summed E-state index contributed by atoms with van der Waals surface area (Å²) in [5.41, 5.74) is 1.86. The average molecular weight is 431 g/mol. The summed E-state index contributed by atoms with van der Waals surface area (Å²) in [5.74, 6) is -0.531. The number of pyridine rings is 1. The molecule has 2 N–H and O–H groups in total. The molecule has 1 aliphatic rings. The number of nitrogens with one attached hydrogen (secondary N) is 1. The van der Waals surface area contributed by atoms with E-state index >= 15 is 0 Å².